The molecule has 0 amide bonds. The molecule has 0 aromatic carbocycles. The van der Waals surface area contributed by atoms with Gasteiger partial charge in [0.15, 0.2) is 0 Å². The third-order valence-electron chi connectivity index (χ3n) is 2.90. The molecule has 0 fully saturated rings. The van der Waals surface area contributed by atoms with Gasteiger partial charge in [0, 0.05) is 6.42 Å². The van der Waals surface area contributed by atoms with E-state index in [0.29, 0.717) is 6.42 Å². The van der Waals surface area contributed by atoms with Crippen molar-refractivity contribution in [3.8, 4) is 0 Å². The van der Waals surface area contributed by atoms with Crippen LogP contribution < -0.4 is 0 Å². The Kier molecular flexibility index (Phi) is 4.89. The second kappa shape index (κ2) is 5.96. The van der Waals surface area contributed by atoms with E-state index < -0.39 is 5.60 Å². The highest BCUT2D eigenvalue weighted by Gasteiger charge is 2.26. The van der Waals surface area contributed by atoms with Gasteiger partial charge in [0.2, 0.25) is 0 Å². The van der Waals surface area contributed by atoms with Gasteiger partial charge >= 0.3 is 0 Å². The average Bonchev–Trinajstić information content (AvgIpc) is 2.17. The van der Waals surface area contributed by atoms with E-state index in [9.17, 15) is 10.2 Å². The zero-order valence-corrected chi connectivity index (χ0v) is 9.58. The van der Waals surface area contributed by atoms with Gasteiger partial charge in [-0.25, -0.2) is 0 Å². The van der Waals surface area contributed by atoms with Crippen molar-refractivity contribution in [2.75, 3.05) is 0 Å². The van der Waals surface area contributed by atoms with Crippen LogP contribution in [0.3, 0.4) is 0 Å². The van der Waals surface area contributed by atoms with Crippen molar-refractivity contribution in [2.45, 2.75) is 57.5 Å². The SMILES string of the molecule is CCCCCCCC1(O)C=CC=C(O)C1. The van der Waals surface area contributed by atoms with Crippen LogP contribution in [0, 0.1) is 0 Å². The van der Waals surface area contributed by atoms with Crippen LogP contribution >= 0.6 is 0 Å². The number of aliphatic hydroxyl groups is 2. The first-order chi connectivity index (χ1) is 7.16. The summed E-state index contributed by atoms with van der Waals surface area (Å²) in [6.45, 7) is 2.19. The van der Waals surface area contributed by atoms with Gasteiger partial charge in [0.05, 0.1) is 11.4 Å². The fourth-order valence-corrected chi connectivity index (χ4v) is 1.98. The number of hydrogen-bond acceptors (Lipinski definition) is 2. The van der Waals surface area contributed by atoms with Gasteiger partial charge in [-0.3, -0.25) is 0 Å². The van der Waals surface area contributed by atoms with Crippen molar-refractivity contribution in [1.29, 1.82) is 0 Å². The molecule has 0 spiro atoms. The predicted molar refractivity (Wildman–Crippen MR) is 62.8 cm³/mol. The first-order valence-corrected chi connectivity index (χ1v) is 5.96. The summed E-state index contributed by atoms with van der Waals surface area (Å²) in [6.07, 6.45) is 12.3. The van der Waals surface area contributed by atoms with Crippen molar-refractivity contribution < 1.29 is 10.2 Å². The van der Waals surface area contributed by atoms with E-state index in [4.69, 9.17) is 0 Å². The van der Waals surface area contributed by atoms with E-state index in [1.54, 1.807) is 18.2 Å². The molecule has 0 aromatic heterocycles. The van der Waals surface area contributed by atoms with Crippen molar-refractivity contribution in [3.63, 3.8) is 0 Å². The summed E-state index contributed by atoms with van der Waals surface area (Å²) in [5.74, 6) is 0.286. The molecule has 0 saturated heterocycles. The summed E-state index contributed by atoms with van der Waals surface area (Å²) in [7, 11) is 0. The minimum Gasteiger partial charge on any atom is -0.512 e. The van der Waals surface area contributed by atoms with E-state index in [2.05, 4.69) is 6.92 Å². The summed E-state index contributed by atoms with van der Waals surface area (Å²) in [6, 6.07) is 0. The van der Waals surface area contributed by atoms with E-state index in [1.165, 1.54) is 25.7 Å². The van der Waals surface area contributed by atoms with E-state index in [-0.39, 0.29) is 5.76 Å². The fraction of sp³-hybridized carbons (Fsp3) is 0.692. The Morgan fingerprint density at radius 1 is 1.27 bits per heavy atom. The van der Waals surface area contributed by atoms with Crippen molar-refractivity contribution in [1.82, 2.24) is 0 Å². The zero-order chi connectivity index (χ0) is 11.1. The molecule has 86 valence electrons. The lowest BCUT2D eigenvalue weighted by molar-refractivity contribution is 0.0655. The maximum atomic E-state index is 10.1. The first-order valence-electron chi connectivity index (χ1n) is 5.96. The number of allylic oxidation sites excluding steroid dienone is 2. The molecule has 0 radical (unpaired) electrons. The Morgan fingerprint density at radius 2 is 2.00 bits per heavy atom. The Balaban J connectivity index is 2.20. The molecule has 0 saturated carbocycles. The summed E-state index contributed by atoms with van der Waals surface area (Å²) in [4.78, 5) is 0. The largest absolute Gasteiger partial charge is 0.512 e. The van der Waals surface area contributed by atoms with Gasteiger partial charge in [-0.2, -0.15) is 0 Å². The summed E-state index contributed by atoms with van der Waals surface area (Å²) in [5, 5.41) is 19.4. The van der Waals surface area contributed by atoms with Crippen molar-refractivity contribution >= 4 is 0 Å². The molecule has 1 atom stereocenters. The highest BCUT2D eigenvalue weighted by Crippen LogP contribution is 2.27. The van der Waals surface area contributed by atoms with Crippen LogP contribution in [0.1, 0.15) is 51.9 Å². The zero-order valence-electron chi connectivity index (χ0n) is 9.58. The van der Waals surface area contributed by atoms with Crippen LogP contribution in [0.2, 0.25) is 0 Å². The highest BCUT2D eigenvalue weighted by molar-refractivity contribution is 5.20. The molecule has 1 aliphatic carbocycles. The van der Waals surface area contributed by atoms with E-state index in [1.807, 2.05) is 0 Å². The lowest BCUT2D eigenvalue weighted by Crippen LogP contribution is -2.27. The van der Waals surface area contributed by atoms with E-state index >= 15 is 0 Å². The Labute approximate surface area is 92.3 Å². The number of rotatable bonds is 6. The van der Waals surface area contributed by atoms with Gasteiger partial charge in [-0.05, 0) is 12.5 Å². The number of aliphatic hydroxyl groups excluding tert-OH is 1. The van der Waals surface area contributed by atoms with Gasteiger partial charge < -0.3 is 10.2 Å². The fourth-order valence-electron chi connectivity index (χ4n) is 1.98. The highest BCUT2D eigenvalue weighted by atomic mass is 16.3. The molecule has 0 aromatic rings. The monoisotopic (exact) mass is 210 g/mol. The van der Waals surface area contributed by atoms with Crippen LogP contribution in [0.5, 0.6) is 0 Å². The lowest BCUT2D eigenvalue weighted by atomic mass is 9.88. The van der Waals surface area contributed by atoms with Gasteiger partial charge in [0.25, 0.3) is 0 Å². The molecule has 2 nitrogen and oxygen atoms in total. The van der Waals surface area contributed by atoms with Crippen LogP contribution in [0.25, 0.3) is 0 Å². The Bertz CT molecular complexity index is 243. The molecule has 15 heavy (non-hydrogen) atoms. The quantitative estimate of drug-likeness (QED) is 0.659. The van der Waals surface area contributed by atoms with E-state index in [0.717, 1.165) is 12.8 Å². The lowest BCUT2D eigenvalue weighted by Gasteiger charge is -2.26. The van der Waals surface area contributed by atoms with Crippen molar-refractivity contribution in [2.24, 2.45) is 0 Å². The molecule has 0 bridgehead atoms. The summed E-state index contributed by atoms with van der Waals surface area (Å²) in [5.41, 5.74) is -0.801. The smallest absolute Gasteiger partial charge is 0.0954 e. The topological polar surface area (TPSA) is 40.5 Å². The molecule has 2 heteroatoms. The Morgan fingerprint density at radius 3 is 2.67 bits per heavy atom. The minimum absolute atomic E-state index is 0.286. The molecule has 0 heterocycles. The van der Waals surface area contributed by atoms with Crippen molar-refractivity contribution in [3.05, 3.63) is 24.0 Å². The molecule has 1 unspecified atom stereocenters. The summed E-state index contributed by atoms with van der Waals surface area (Å²) >= 11 is 0. The molecule has 1 rings (SSSR count). The molecule has 0 aliphatic heterocycles. The average molecular weight is 210 g/mol. The molecule has 2 N–H and O–H groups in total. The standard InChI is InChI=1S/C13H22O2/c1-2-3-4-5-6-9-13(15)10-7-8-12(14)11-13/h7-8,10,14-15H,2-6,9,11H2,1H3. The number of hydrogen-bond donors (Lipinski definition) is 2. The maximum absolute atomic E-state index is 10.1. The van der Waals surface area contributed by atoms with Crippen LogP contribution in [-0.2, 0) is 0 Å². The van der Waals surface area contributed by atoms with Gasteiger partial charge in [0.1, 0.15) is 0 Å². The number of unbranched alkanes of at least 4 members (excludes halogenated alkanes) is 4. The Hall–Kier alpha value is -0.760. The molecular formula is C13H22O2. The predicted octanol–water partition coefficient (Wildman–Crippen LogP) is 3.48. The molecular weight excluding hydrogens is 188 g/mol. The first kappa shape index (κ1) is 12.3. The minimum atomic E-state index is -0.801. The summed E-state index contributed by atoms with van der Waals surface area (Å²) < 4.78 is 0. The van der Waals surface area contributed by atoms with Crippen LogP contribution in [0.15, 0.2) is 24.0 Å². The maximum Gasteiger partial charge on any atom is 0.0954 e. The third-order valence-corrected chi connectivity index (χ3v) is 2.90. The van der Waals surface area contributed by atoms with Gasteiger partial charge in [-0.15, -0.1) is 0 Å². The third kappa shape index (κ3) is 4.52. The van der Waals surface area contributed by atoms with Gasteiger partial charge in [-0.1, -0.05) is 51.2 Å². The second-order valence-corrected chi connectivity index (χ2v) is 4.46. The van der Waals surface area contributed by atoms with Crippen LogP contribution in [0.4, 0.5) is 0 Å². The van der Waals surface area contributed by atoms with Crippen LogP contribution in [-0.4, -0.2) is 15.8 Å². The molecule has 1 aliphatic rings. The normalized spacial score (nSPS) is 25.3. The second-order valence-electron chi connectivity index (χ2n) is 4.46.